The fourth-order valence-corrected chi connectivity index (χ4v) is 3.51. The summed E-state index contributed by atoms with van der Waals surface area (Å²) in [7, 11) is 3.28. The number of hydrogen-bond acceptors (Lipinski definition) is 4. The van der Waals surface area contributed by atoms with Crippen molar-refractivity contribution in [1.29, 1.82) is 0 Å². The minimum atomic E-state index is 0. The number of benzene rings is 2. The number of hydrogen-bond donors (Lipinski definition) is 0. The third kappa shape index (κ3) is 3.27. The second kappa shape index (κ2) is 7.28. The Balaban J connectivity index is 0.00000182. The summed E-state index contributed by atoms with van der Waals surface area (Å²) < 4.78 is 10.8. The van der Waals surface area contributed by atoms with E-state index in [2.05, 4.69) is 28.2 Å². The minimum Gasteiger partial charge on any atom is -0.493 e. The van der Waals surface area contributed by atoms with Crippen molar-refractivity contribution in [3.63, 3.8) is 0 Å². The van der Waals surface area contributed by atoms with Crippen LogP contribution in [0.2, 0.25) is 0 Å². The van der Waals surface area contributed by atoms with Gasteiger partial charge in [-0.05, 0) is 42.0 Å². The third-order valence-corrected chi connectivity index (χ3v) is 4.76. The van der Waals surface area contributed by atoms with Crippen molar-refractivity contribution >= 4 is 23.3 Å². The molecule has 0 radical (unpaired) electrons. The van der Waals surface area contributed by atoms with E-state index in [0.717, 1.165) is 23.0 Å². The molecule has 0 atom stereocenters. The zero-order valence-corrected chi connectivity index (χ0v) is 15.2. The fourth-order valence-electron chi connectivity index (χ4n) is 3.51. The molecule has 0 amide bonds. The molecule has 0 bridgehead atoms. The Bertz CT molecular complexity index is 912. The van der Waals surface area contributed by atoms with Crippen molar-refractivity contribution in [3.8, 4) is 11.5 Å². The quantitative estimate of drug-likeness (QED) is 0.704. The molecular formula is C20H21ClN2O2. The van der Waals surface area contributed by atoms with Crippen LogP contribution in [-0.4, -0.2) is 24.2 Å². The van der Waals surface area contributed by atoms with Gasteiger partial charge in [0.1, 0.15) is 6.33 Å². The topological polar surface area (TPSA) is 44.2 Å². The second-order valence-electron chi connectivity index (χ2n) is 6.18. The van der Waals surface area contributed by atoms with E-state index in [0.29, 0.717) is 11.5 Å². The van der Waals surface area contributed by atoms with E-state index in [1.807, 2.05) is 12.1 Å². The molecular weight excluding hydrogens is 336 g/mol. The van der Waals surface area contributed by atoms with E-state index in [4.69, 9.17) is 9.47 Å². The van der Waals surface area contributed by atoms with Crippen molar-refractivity contribution in [2.45, 2.75) is 25.7 Å². The normalized spacial score (nSPS) is 12.6. The number of ether oxygens (including phenoxy) is 2. The Morgan fingerprint density at radius 1 is 0.920 bits per heavy atom. The molecule has 1 aliphatic carbocycles. The Labute approximate surface area is 153 Å². The van der Waals surface area contributed by atoms with Gasteiger partial charge < -0.3 is 9.47 Å². The molecule has 1 heterocycles. The van der Waals surface area contributed by atoms with Gasteiger partial charge in [0.05, 0.1) is 25.4 Å². The Morgan fingerprint density at radius 3 is 2.48 bits per heavy atom. The van der Waals surface area contributed by atoms with Crippen LogP contribution in [0.25, 0.3) is 10.9 Å². The molecule has 4 nitrogen and oxygen atoms in total. The number of aromatic nitrogens is 2. The summed E-state index contributed by atoms with van der Waals surface area (Å²) in [5.41, 5.74) is 6.17. The van der Waals surface area contributed by atoms with Crippen molar-refractivity contribution in [1.82, 2.24) is 9.97 Å². The first-order valence-corrected chi connectivity index (χ1v) is 8.25. The summed E-state index contributed by atoms with van der Waals surface area (Å²) in [6, 6.07) is 10.7. The van der Waals surface area contributed by atoms with E-state index in [1.54, 1.807) is 20.5 Å². The molecule has 0 fully saturated rings. The monoisotopic (exact) mass is 356 g/mol. The maximum absolute atomic E-state index is 5.43. The average molecular weight is 357 g/mol. The summed E-state index contributed by atoms with van der Waals surface area (Å²) >= 11 is 0. The molecule has 0 N–H and O–H groups in total. The molecule has 130 valence electrons. The van der Waals surface area contributed by atoms with Gasteiger partial charge >= 0.3 is 0 Å². The molecule has 0 aliphatic heterocycles. The van der Waals surface area contributed by atoms with Crippen LogP contribution in [0.1, 0.15) is 28.8 Å². The summed E-state index contributed by atoms with van der Waals surface area (Å²) in [4.78, 5) is 8.90. The molecule has 3 aromatic rings. The standard InChI is InChI=1S/C20H20N2O2.ClH/c1-23-19-10-16-17(21-12-22-18(16)11-20(19)24-2)9-13-6-7-14-4-3-5-15(14)8-13;/h6-8,10-12H,3-5,9H2,1-2H3;1H. The Kier molecular flexibility index (Phi) is 5.09. The minimum absolute atomic E-state index is 0. The van der Waals surface area contributed by atoms with E-state index in [9.17, 15) is 0 Å². The molecule has 2 aromatic carbocycles. The summed E-state index contributed by atoms with van der Waals surface area (Å²) in [5.74, 6) is 1.39. The number of aryl methyl sites for hydroxylation is 2. The number of fused-ring (bicyclic) bond motifs is 2. The molecule has 1 aliphatic rings. The zero-order chi connectivity index (χ0) is 16.5. The Hall–Kier alpha value is -2.33. The van der Waals surface area contributed by atoms with Crippen LogP contribution in [0, 0.1) is 0 Å². The lowest BCUT2D eigenvalue weighted by Gasteiger charge is -2.11. The van der Waals surface area contributed by atoms with E-state index in [1.165, 1.54) is 36.0 Å². The van der Waals surface area contributed by atoms with Crippen LogP contribution >= 0.6 is 12.4 Å². The number of rotatable bonds is 4. The third-order valence-electron chi connectivity index (χ3n) is 4.76. The molecule has 0 spiro atoms. The van der Waals surface area contributed by atoms with Gasteiger partial charge in [-0.25, -0.2) is 9.97 Å². The van der Waals surface area contributed by atoms with Crippen LogP contribution in [0.5, 0.6) is 11.5 Å². The zero-order valence-electron chi connectivity index (χ0n) is 14.4. The molecule has 0 unspecified atom stereocenters. The van der Waals surface area contributed by atoms with Crippen molar-refractivity contribution in [2.24, 2.45) is 0 Å². The number of halogens is 1. The van der Waals surface area contributed by atoms with Crippen LogP contribution in [0.15, 0.2) is 36.7 Å². The van der Waals surface area contributed by atoms with Crippen molar-refractivity contribution < 1.29 is 9.47 Å². The van der Waals surface area contributed by atoms with Gasteiger partial charge in [-0.15, -0.1) is 12.4 Å². The van der Waals surface area contributed by atoms with Gasteiger partial charge in [0.25, 0.3) is 0 Å². The summed E-state index contributed by atoms with van der Waals surface area (Å²) in [6.45, 7) is 0. The maximum Gasteiger partial charge on any atom is 0.162 e. The van der Waals surface area contributed by atoms with Gasteiger partial charge in [0.2, 0.25) is 0 Å². The van der Waals surface area contributed by atoms with E-state index in [-0.39, 0.29) is 12.4 Å². The molecule has 5 heteroatoms. The first-order valence-electron chi connectivity index (χ1n) is 8.25. The number of methoxy groups -OCH3 is 2. The Morgan fingerprint density at radius 2 is 1.68 bits per heavy atom. The first-order chi connectivity index (χ1) is 11.8. The second-order valence-corrected chi connectivity index (χ2v) is 6.18. The molecule has 4 rings (SSSR count). The molecule has 0 saturated heterocycles. The predicted molar refractivity (Wildman–Crippen MR) is 101 cm³/mol. The van der Waals surface area contributed by atoms with Crippen molar-refractivity contribution in [2.75, 3.05) is 14.2 Å². The molecule has 25 heavy (non-hydrogen) atoms. The number of nitrogens with zero attached hydrogens (tertiary/aromatic N) is 2. The highest BCUT2D eigenvalue weighted by Crippen LogP contribution is 2.33. The lowest BCUT2D eigenvalue weighted by molar-refractivity contribution is 0.355. The SMILES string of the molecule is COc1cc2ncnc(Cc3ccc4c(c3)CCC4)c2cc1OC.Cl. The fraction of sp³-hybridized carbons (Fsp3) is 0.300. The predicted octanol–water partition coefficient (Wildman–Crippen LogP) is 4.15. The largest absolute Gasteiger partial charge is 0.493 e. The maximum atomic E-state index is 5.43. The summed E-state index contributed by atoms with van der Waals surface area (Å²) in [5, 5.41) is 1.01. The van der Waals surface area contributed by atoms with Crippen LogP contribution in [0.3, 0.4) is 0 Å². The summed E-state index contributed by atoms with van der Waals surface area (Å²) in [6.07, 6.45) is 6.09. The van der Waals surface area contributed by atoms with Crippen molar-refractivity contribution in [3.05, 3.63) is 59.0 Å². The van der Waals surface area contributed by atoms with E-state index >= 15 is 0 Å². The average Bonchev–Trinajstić information content (AvgIpc) is 3.08. The van der Waals surface area contributed by atoms with Gasteiger partial charge in [0, 0.05) is 17.9 Å². The lowest BCUT2D eigenvalue weighted by Crippen LogP contribution is -1.98. The smallest absolute Gasteiger partial charge is 0.162 e. The lowest BCUT2D eigenvalue weighted by atomic mass is 10.0. The highest BCUT2D eigenvalue weighted by atomic mass is 35.5. The van der Waals surface area contributed by atoms with Gasteiger partial charge in [-0.1, -0.05) is 18.2 Å². The highest BCUT2D eigenvalue weighted by Gasteiger charge is 2.14. The van der Waals surface area contributed by atoms with Gasteiger partial charge in [-0.3, -0.25) is 0 Å². The highest BCUT2D eigenvalue weighted by molar-refractivity contribution is 5.85. The molecule has 0 saturated carbocycles. The van der Waals surface area contributed by atoms with Crippen LogP contribution in [-0.2, 0) is 19.3 Å². The van der Waals surface area contributed by atoms with E-state index < -0.39 is 0 Å². The van der Waals surface area contributed by atoms with Crippen LogP contribution in [0.4, 0.5) is 0 Å². The van der Waals surface area contributed by atoms with Gasteiger partial charge in [0.15, 0.2) is 11.5 Å². The van der Waals surface area contributed by atoms with Gasteiger partial charge in [-0.2, -0.15) is 0 Å². The van der Waals surface area contributed by atoms with Crippen LogP contribution < -0.4 is 9.47 Å². The molecule has 1 aromatic heterocycles. The first kappa shape index (κ1) is 17.5.